The Morgan fingerprint density at radius 3 is 3.00 bits per heavy atom. The molecule has 2 aliphatic carbocycles. The molecule has 3 nitrogen and oxygen atoms in total. The van der Waals surface area contributed by atoms with Crippen LogP contribution in [0, 0.1) is 11.8 Å². The Morgan fingerprint density at radius 2 is 2.46 bits per heavy atom. The van der Waals surface area contributed by atoms with Crippen molar-refractivity contribution in [1.82, 2.24) is 9.78 Å². The molecule has 2 aliphatic rings. The first-order valence-electron chi connectivity index (χ1n) is 5.09. The van der Waals surface area contributed by atoms with Gasteiger partial charge in [0.25, 0.3) is 0 Å². The second kappa shape index (κ2) is 2.50. The number of hydrogen-bond donors (Lipinski definition) is 1. The van der Waals surface area contributed by atoms with E-state index in [1.54, 1.807) is 0 Å². The van der Waals surface area contributed by atoms with Crippen LogP contribution >= 0.6 is 0 Å². The van der Waals surface area contributed by atoms with Crippen molar-refractivity contribution in [2.75, 3.05) is 5.32 Å². The van der Waals surface area contributed by atoms with E-state index < -0.39 is 0 Å². The number of aryl methyl sites for hydroxylation is 1. The predicted octanol–water partition coefficient (Wildman–Crippen LogP) is 1.63. The molecule has 0 aliphatic heterocycles. The second-order valence-electron chi connectivity index (χ2n) is 4.36. The fraction of sp³-hybridized carbons (Fsp3) is 0.700. The van der Waals surface area contributed by atoms with Gasteiger partial charge in [0.05, 0.1) is 0 Å². The molecule has 3 heteroatoms. The average Bonchev–Trinajstić information content (AvgIpc) is 2.63. The zero-order valence-electron chi connectivity index (χ0n) is 7.90. The first-order valence-corrected chi connectivity index (χ1v) is 5.09. The van der Waals surface area contributed by atoms with Crippen LogP contribution in [0.1, 0.15) is 19.3 Å². The molecule has 1 aromatic heterocycles. The fourth-order valence-electron chi connectivity index (χ4n) is 2.56. The van der Waals surface area contributed by atoms with Gasteiger partial charge in [-0.2, -0.15) is 5.10 Å². The molecular formula is C10H15N3. The lowest BCUT2D eigenvalue weighted by Gasteiger charge is -2.12. The number of fused-ring (bicyclic) bond motifs is 1. The molecule has 1 heterocycles. The van der Waals surface area contributed by atoms with E-state index in [1.165, 1.54) is 19.3 Å². The van der Waals surface area contributed by atoms with Crippen LogP contribution < -0.4 is 5.32 Å². The summed E-state index contributed by atoms with van der Waals surface area (Å²) in [5.74, 6) is 3.04. The van der Waals surface area contributed by atoms with Crippen molar-refractivity contribution in [2.45, 2.75) is 25.3 Å². The number of nitrogens with one attached hydrogen (secondary N) is 1. The van der Waals surface area contributed by atoms with Crippen molar-refractivity contribution in [3.8, 4) is 0 Å². The van der Waals surface area contributed by atoms with Crippen molar-refractivity contribution in [3.05, 3.63) is 12.3 Å². The molecule has 3 atom stereocenters. The minimum absolute atomic E-state index is 0.708. The molecule has 0 spiro atoms. The van der Waals surface area contributed by atoms with Crippen molar-refractivity contribution < 1.29 is 0 Å². The molecular weight excluding hydrogens is 162 g/mol. The third kappa shape index (κ3) is 1.23. The quantitative estimate of drug-likeness (QED) is 0.744. The summed E-state index contributed by atoms with van der Waals surface area (Å²) in [5.41, 5.74) is 0. The van der Waals surface area contributed by atoms with Gasteiger partial charge in [-0.25, -0.2) is 0 Å². The van der Waals surface area contributed by atoms with Crippen LogP contribution in [0.3, 0.4) is 0 Å². The van der Waals surface area contributed by atoms with Crippen LogP contribution in [0.25, 0.3) is 0 Å². The molecule has 1 aromatic rings. The maximum atomic E-state index is 4.33. The zero-order valence-corrected chi connectivity index (χ0v) is 7.90. The van der Waals surface area contributed by atoms with Gasteiger partial charge in [0.1, 0.15) is 5.82 Å². The largest absolute Gasteiger partial charge is 0.366 e. The molecule has 0 saturated heterocycles. The first-order chi connectivity index (χ1) is 6.33. The van der Waals surface area contributed by atoms with Gasteiger partial charge in [0.15, 0.2) is 0 Å². The molecule has 1 unspecified atom stereocenters. The highest BCUT2D eigenvalue weighted by Gasteiger charge is 2.48. The molecule has 0 amide bonds. The Hall–Kier alpha value is -0.990. The second-order valence-corrected chi connectivity index (χ2v) is 4.36. The van der Waals surface area contributed by atoms with Crippen LogP contribution in [-0.4, -0.2) is 15.8 Å². The lowest BCUT2D eigenvalue weighted by atomic mass is 10.2. The van der Waals surface area contributed by atoms with Crippen LogP contribution in [0.4, 0.5) is 5.82 Å². The molecule has 1 N–H and O–H groups in total. The van der Waals surface area contributed by atoms with E-state index in [2.05, 4.69) is 16.5 Å². The Balaban J connectivity index is 1.68. The van der Waals surface area contributed by atoms with Crippen molar-refractivity contribution in [3.63, 3.8) is 0 Å². The SMILES string of the molecule is Cn1ccc(NC2CC[C@@H]3C[C@H]23)n1. The summed E-state index contributed by atoms with van der Waals surface area (Å²) in [5, 5.41) is 7.85. The standard InChI is InChI=1S/C10H15N3/c1-13-5-4-10(12-13)11-9-3-2-7-6-8(7)9/h4-5,7-9H,2-3,6H2,1H3,(H,11,12)/t7-,8+,9?/m1/s1. The molecule has 0 aromatic carbocycles. The molecule has 0 bridgehead atoms. The lowest BCUT2D eigenvalue weighted by molar-refractivity contribution is 0.647. The Morgan fingerprint density at radius 1 is 1.54 bits per heavy atom. The topological polar surface area (TPSA) is 29.9 Å². The number of hydrogen-bond acceptors (Lipinski definition) is 2. The van der Waals surface area contributed by atoms with Crippen molar-refractivity contribution >= 4 is 5.82 Å². The van der Waals surface area contributed by atoms with E-state index >= 15 is 0 Å². The zero-order chi connectivity index (χ0) is 8.84. The summed E-state index contributed by atoms with van der Waals surface area (Å²) < 4.78 is 1.85. The number of aromatic nitrogens is 2. The Bertz CT molecular complexity index is 318. The lowest BCUT2D eigenvalue weighted by Crippen LogP contribution is -2.19. The predicted molar refractivity (Wildman–Crippen MR) is 51.4 cm³/mol. The van der Waals surface area contributed by atoms with Gasteiger partial charge < -0.3 is 5.32 Å². The summed E-state index contributed by atoms with van der Waals surface area (Å²) in [6.07, 6.45) is 6.20. The van der Waals surface area contributed by atoms with E-state index in [9.17, 15) is 0 Å². The molecule has 70 valence electrons. The van der Waals surface area contributed by atoms with Gasteiger partial charge in [0.2, 0.25) is 0 Å². The molecule has 2 saturated carbocycles. The van der Waals surface area contributed by atoms with Gasteiger partial charge in [-0.1, -0.05) is 0 Å². The maximum Gasteiger partial charge on any atom is 0.148 e. The van der Waals surface area contributed by atoms with E-state index in [4.69, 9.17) is 0 Å². The minimum Gasteiger partial charge on any atom is -0.366 e. The van der Waals surface area contributed by atoms with Gasteiger partial charge in [-0.15, -0.1) is 0 Å². The van der Waals surface area contributed by atoms with Gasteiger partial charge in [-0.3, -0.25) is 4.68 Å². The van der Waals surface area contributed by atoms with Crippen LogP contribution in [0.2, 0.25) is 0 Å². The van der Waals surface area contributed by atoms with E-state index in [-0.39, 0.29) is 0 Å². The fourth-order valence-corrected chi connectivity index (χ4v) is 2.56. The highest BCUT2D eigenvalue weighted by Crippen LogP contribution is 2.52. The van der Waals surface area contributed by atoms with E-state index in [0.717, 1.165) is 17.7 Å². The third-order valence-corrected chi connectivity index (χ3v) is 3.39. The third-order valence-electron chi connectivity index (χ3n) is 3.39. The summed E-state index contributed by atoms with van der Waals surface area (Å²) in [7, 11) is 1.96. The van der Waals surface area contributed by atoms with Crippen molar-refractivity contribution in [2.24, 2.45) is 18.9 Å². The highest BCUT2D eigenvalue weighted by atomic mass is 15.3. The summed E-state index contributed by atoms with van der Waals surface area (Å²) in [6.45, 7) is 0. The smallest absolute Gasteiger partial charge is 0.148 e. The number of anilines is 1. The normalized spacial score (nSPS) is 35.9. The summed E-state index contributed by atoms with van der Waals surface area (Å²) in [4.78, 5) is 0. The van der Waals surface area contributed by atoms with Crippen LogP contribution in [0.15, 0.2) is 12.3 Å². The summed E-state index contributed by atoms with van der Waals surface area (Å²) >= 11 is 0. The highest BCUT2D eigenvalue weighted by molar-refractivity contribution is 5.35. The minimum atomic E-state index is 0.708. The average molecular weight is 177 g/mol. The maximum absolute atomic E-state index is 4.33. The van der Waals surface area contributed by atoms with E-state index in [1.807, 2.05) is 17.9 Å². The number of nitrogens with zero attached hydrogens (tertiary/aromatic N) is 2. The van der Waals surface area contributed by atoms with Gasteiger partial charge >= 0.3 is 0 Å². The molecule has 0 radical (unpaired) electrons. The first kappa shape index (κ1) is 7.42. The Labute approximate surface area is 78.1 Å². The monoisotopic (exact) mass is 177 g/mol. The Kier molecular flexibility index (Phi) is 1.43. The summed E-state index contributed by atoms with van der Waals surface area (Å²) in [6, 6.07) is 2.76. The van der Waals surface area contributed by atoms with Crippen molar-refractivity contribution in [1.29, 1.82) is 0 Å². The van der Waals surface area contributed by atoms with Crippen LogP contribution in [0.5, 0.6) is 0 Å². The van der Waals surface area contributed by atoms with Gasteiger partial charge in [0, 0.05) is 25.4 Å². The molecule has 3 rings (SSSR count). The number of rotatable bonds is 2. The molecule has 2 fully saturated rings. The van der Waals surface area contributed by atoms with E-state index in [0.29, 0.717) is 6.04 Å². The molecule has 13 heavy (non-hydrogen) atoms. The van der Waals surface area contributed by atoms with Crippen LogP contribution in [-0.2, 0) is 7.05 Å². The van der Waals surface area contributed by atoms with Gasteiger partial charge in [-0.05, 0) is 31.1 Å².